The smallest absolute Gasteiger partial charge is 0.109 e. The molecule has 0 bridgehead atoms. The van der Waals surface area contributed by atoms with Gasteiger partial charge in [-0.1, -0.05) is 22.9 Å². The van der Waals surface area contributed by atoms with Gasteiger partial charge >= 0.3 is 0 Å². The van der Waals surface area contributed by atoms with Gasteiger partial charge < -0.3 is 9.88 Å². The van der Waals surface area contributed by atoms with E-state index in [1.165, 1.54) is 12.8 Å². The topological polar surface area (TPSA) is 29.9 Å². The van der Waals surface area contributed by atoms with E-state index in [1.54, 1.807) is 0 Å². The first kappa shape index (κ1) is 12.7. The fraction of sp³-hybridized carbons (Fsp3) is 0.727. The fourth-order valence-electron chi connectivity index (χ4n) is 1.43. The lowest BCUT2D eigenvalue weighted by Gasteiger charge is -2.07. The van der Waals surface area contributed by atoms with Gasteiger partial charge in [0.05, 0.1) is 0 Å². The summed E-state index contributed by atoms with van der Waals surface area (Å²) in [5, 5.41) is 3.43. The van der Waals surface area contributed by atoms with Crippen LogP contribution in [-0.2, 0) is 13.5 Å². The van der Waals surface area contributed by atoms with Crippen LogP contribution in [0.1, 0.15) is 25.6 Å². The van der Waals surface area contributed by atoms with Gasteiger partial charge in [0.1, 0.15) is 5.82 Å². The Bertz CT molecular complexity index is 273. The Kier molecular flexibility index (Phi) is 5.95. The van der Waals surface area contributed by atoms with Crippen molar-refractivity contribution in [3.05, 3.63) is 18.2 Å². The third-order valence-electron chi connectivity index (χ3n) is 2.52. The number of alkyl halides is 1. The molecule has 3 nitrogen and oxygen atoms in total. The van der Waals surface area contributed by atoms with Crippen molar-refractivity contribution in [2.24, 2.45) is 7.05 Å². The number of halogens is 1. The van der Waals surface area contributed by atoms with Crippen molar-refractivity contribution >= 4 is 15.9 Å². The largest absolute Gasteiger partial charge is 0.338 e. The van der Waals surface area contributed by atoms with Crippen molar-refractivity contribution in [1.82, 2.24) is 14.9 Å². The van der Waals surface area contributed by atoms with E-state index in [2.05, 4.69) is 37.7 Å². The van der Waals surface area contributed by atoms with Crippen LogP contribution in [0.15, 0.2) is 12.4 Å². The van der Waals surface area contributed by atoms with Crippen molar-refractivity contribution in [1.29, 1.82) is 0 Å². The maximum absolute atomic E-state index is 4.28. The Hall–Kier alpha value is -0.350. The Balaban J connectivity index is 2.05. The zero-order valence-electron chi connectivity index (χ0n) is 9.54. The summed E-state index contributed by atoms with van der Waals surface area (Å²) in [4.78, 5) is 4.93. The highest BCUT2D eigenvalue weighted by atomic mass is 79.9. The molecule has 1 atom stereocenters. The number of hydrogen-bond acceptors (Lipinski definition) is 2. The molecular weight excluding hydrogens is 254 g/mol. The molecule has 1 aromatic heterocycles. The minimum absolute atomic E-state index is 0.651. The van der Waals surface area contributed by atoms with Crippen molar-refractivity contribution in [3.8, 4) is 0 Å². The minimum Gasteiger partial charge on any atom is -0.338 e. The van der Waals surface area contributed by atoms with Crippen LogP contribution in [0.25, 0.3) is 0 Å². The van der Waals surface area contributed by atoms with Crippen molar-refractivity contribution in [2.45, 2.75) is 31.0 Å². The summed E-state index contributed by atoms with van der Waals surface area (Å²) in [5.41, 5.74) is 0. The van der Waals surface area contributed by atoms with Crippen LogP contribution in [0.2, 0.25) is 0 Å². The molecule has 4 heteroatoms. The maximum Gasteiger partial charge on any atom is 0.109 e. The molecule has 0 fully saturated rings. The van der Waals surface area contributed by atoms with E-state index in [1.807, 2.05) is 19.4 Å². The normalized spacial score (nSPS) is 13.0. The lowest BCUT2D eigenvalue weighted by Crippen LogP contribution is -2.21. The van der Waals surface area contributed by atoms with E-state index in [9.17, 15) is 0 Å². The molecule has 1 heterocycles. The summed E-state index contributed by atoms with van der Waals surface area (Å²) in [6.07, 6.45) is 7.22. The van der Waals surface area contributed by atoms with E-state index in [0.717, 1.165) is 25.3 Å². The van der Waals surface area contributed by atoms with Gasteiger partial charge in [-0.2, -0.15) is 0 Å². The lowest BCUT2D eigenvalue weighted by atomic mass is 10.2. The molecule has 1 aromatic rings. The van der Waals surface area contributed by atoms with Crippen molar-refractivity contribution in [3.63, 3.8) is 0 Å². The molecule has 15 heavy (non-hydrogen) atoms. The molecule has 0 aliphatic heterocycles. The lowest BCUT2D eigenvalue weighted by molar-refractivity contribution is 0.615. The quantitative estimate of drug-likeness (QED) is 0.609. The summed E-state index contributed by atoms with van der Waals surface area (Å²) in [5.74, 6) is 1.15. The van der Waals surface area contributed by atoms with Gasteiger partial charge in [0.2, 0.25) is 0 Å². The van der Waals surface area contributed by atoms with E-state index in [-0.39, 0.29) is 0 Å². The van der Waals surface area contributed by atoms with Gasteiger partial charge in [-0.25, -0.2) is 4.98 Å². The molecule has 86 valence electrons. The van der Waals surface area contributed by atoms with E-state index < -0.39 is 0 Å². The molecule has 0 aliphatic carbocycles. The second kappa shape index (κ2) is 7.01. The maximum atomic E-state index is 4.28. The predicted molar refractivity (Wildman–Crippen MR) is 67.4 cm³/mol. The van der Waals surface area contributed by atoms with E-state index >= 15 is 0 Å². The molecule has 0 aromatic carbocycles. The molecular formula is C11H20BrN3. The Labute approximate surface area is 100 Å². The summed E-state index contributed by atoms with van der Waals surface area (Å²) in [6.45, 7) is 4.29. The van der Waals surface area contributed by atoms with Gasteiger partial charge in [-0.3, -0.25) is 0 Å². The van der Waals surface area contributed by atoms with Crippen LogP contribution in [-0.4, -0.2) is 27.5 Å². The van der Waals surface area contributed by atoms with Crippen LogP contribution < -0.4 is 5.32 Å². The van der Waals surface area contributed by atoms with Crippen LogP contribution in [0.4, 0.5) is 0 Å². The molecule has 0 aliphatic rings. The Morgan fingerprint density at radius 1 is 1.53 bits per heavy atom. The number of aromatic nitrogens is 2. The fourth-order valence-corrected chi connectivity index (χ4v) is 1.65. The molecule has 0 amide bonds. The zero-order chi connectivity index (χ0) is 11.1. The average Bonchev–Trinajstić information content (AvgIpc) is 2.63. The average molecular weight is 274 g/mol. The zero-order valence-corrected chi connectivity index (χ0v) is 11.1. The Morgan fingerprint density at radius 3 is 2.93 bits per heavy atom. The number of hydrogen-bond donors (Lipinski definition) is 1. The first-order chi connectivity index (χ1) is 7.24. The first-order valence-corrected chi connectivity index (χ1v) is 6.46. The van der Waals surface area contributed by atoms with Crippen LogP contribution >= 0.6 is 15.9 Å². The molecule has 1 N–H and O–H groups in total. The van der Waals surface area contributed by atoms with Crippen LogP contribution in [0.3, 0.4) is 0 Å². The summed E-state index contributed by atoms with van der Waals surface area (Å²) in [7, 11) is 2.04. The molecule has 1 unspecified atom stereocenters. The summed E-state index contributed by atoms with van der Waals surface area (Å²) in [6, 6.07) is 0. The highest BCUT2D eigenvalue weighted by Gasteiger charge is 2.00. The molecule has 0 saturated heterocycles. The molecule has 0 radical (unpaired) electrons. The number of aryl methyl sites for hydroxylation is 1. The minimum atomic E-state index is 0.651. The van der Waals surface area contributed by atoms with Gasteiger partial charge in [0, 0.05) is 37.2 Å². The SMILES string of the molecule is CCC(Br)CCNCCc1nccn1C. The number of rotatable bonds is 7. The van der Waals surface area contributed by atoms with E-state index in [4.69, 9.17) is 0 Å². The highest BCUT2D eigenvalue weighted by molar-refractivity contribution is 9.09. The van der Waals surface area contributed by atoms with Crippen molar-refractivity contribution in [2.75, 3.05) is 13.1 Å². The number of nitrogens with one attached hydrogen (secondary N) is 1. The van der Waals surface area contributed by atoms with Crippen LogP contribution in [0.5, 0.6) is 0 Å². The van der Waals surface area contributed by atoms with Gasteiger partial charge in [-0.05, 0) is 19.4 Å². The number of nitrogens with zero attached hydrogens (tertiary/aromatic N) is 2. The van der Waals surface area contributed by atoms with Gasteiger partial charge in [-0.15, -0.1) is 0 Å². The van der Waals surface area contributed by atoms with E-state index in [0.29, 0.717) is 4.83 Å². The molecule has 1 rings (SSSR count). The summed E-state index contributed by atoms with van der Waals surface area (Å²) >= 11 is 3.62. The van der Waals surface area contributed by atoms with Gasteiger partial charge in [0.25, 0.3) is 0 Å². The monoisotopic (exact) mass is 273 g/mol. The van der Waals surface area contributed by atoms with Gasteiger partial charge in [0.15, 0.2) is 0 Å². The number of imidazole rings is 1. The third kappa shape index (κ3) is 4.80. The molecule has 0 saturated carbocycles. The Morgan fingerprint density at radius 2 is 2.33 bits per heavy atom. The summed E-state index contributed by atoms with van der Waals surface area (Å²) < 4.78 is 2.07. The highest BCUT2D eigenvalue weighted by Crippen LogP contribution is 2.07. The second-order valence-electron chi connectivity index (χ2n) is 3.75. The first-order valence-electron chi connectivity index (χ1n) is 5.55. The molecule has 0 spiro atoms. The third-order valence-corrected chi connectivity index (χ3v) is 3.63. The predicted octanol–water partition coefficient (Wildman–Crippen LogP) is 2.12. The van der Waals surface area contributed by atoms with Crippen molar-refractivity contribution < 1.29 is 0 Å². The standard InChI is InChI=1S/C11H20BrN3/c1-3-10(12)4-6-13-7-5-11-14-8-9-15(11)2/h8-10,13H,3-7H2,1-2H3. The second-order valence-corrected chi connectivity index (χ2v) is 5.04. The van der Waals surface area contributed by atoms with Crippen LogP contribution in [0, 0.1) is 0 Å².